The van der Waals surface area contributed by atoms with E-state index in [1.165, 1.54) is 0 Å². The monoisotopic (exact) mass is 259 g/mol. The van der Waals surface area contributed by atoms with Crippen molar-refractivity contribution in [3.63, 3.8) is 0 Å². The van der Waals surface area contributed by atoms with Crippen LogP contribution in [0.4, 0.5) is 0 Å². The topological polar surface area (TPSA) is 48.4 Å². The fraction of sp³-hybridized carbons (Fsp3) is 0.600. The van der Waals surface area contributed by atoms with E-state index in [1.807, 2.05) is 6.07 Å². The second-order valence-corrected chi connectivity index (χ2v) is 4.39. The molecule has 2 rings (SSSR count). The Hall–Kier alpha value is -0.320. The number of halogens is 1. The van der Waals surface area contributed by atoms with Gasteiger partial charge in [-0.2, -0.15) is 0 Å². The minimum absolute atomic E-state index is 0.107. The van der Waals surface area contributed by atoms with Gasteiger partial charge in [-0.15, -0.1) is 0 Å². The maximum absolute atomic E-state index is 5.82. The minimum Gasteiger partial charge on any atom is -0.465 e. The first-order chi connectivity index (χ1) is 6.81. The zero-order valence-corrected chi connectivity index (χ0v) is 9.50. The summed E-state index contributed by atoms with van der Waals surface area (Å²) in [6, 6.07) is 1.90. The fourth-order valence-corrected chi connectivity index (χ4v) is 2.29. The molecule has 0 saturated carbocycles. The average molecular weight is 260 g/mol. The second kappa shape index (κ2) is 4.47. The van der Waals surface area contributed by atoms with Crippen LogP contribution in [-0.4, -0.2) is 12.6 Å². The van der Waals surface area contributed by atoms with Gasteiger partial charge in [-0.1, -0.05) is 0 Å². The molecule has 1 aromatic heterocycles. The third-order valence-corrected chi connectivity index (χ3v) is 3.19. The van der Waals surface area contributed by atoms with Crippen LogP contribution < -0.4 is 5.73 Å². The lowest BCUT2D eigenvalue weighted by atomic mass is 10.1. The van der Waals surface area contributed by atoms with Crippen molar-refractivity contribution in [2.75, 3.05) is 6.54 Å². The van der Waals surface area contributed by atoms with Crippen LogP contribution >= 0.6 is 15.9 Å². The van der Waals surface area contributed by atoms with Crippen LogP contribution in [0.15, 0.2) is 21.2 Å². The summed E-state index contributed by atoms with van der Waals surface area (Å²) in [6.45, 7) is 0.691. The molecule has 0 aromatic carbocycles. The van der Waals surface area contributed by atoms with E-state index < -0.39 is 0 Å². The van der Waals surface area contributed by atoms with Gasteiger partial charge in [-0.25, -0.2) is 0 Å². The normalized spacial score (nSPS) is 27.0. The summed E-state index contributed by atoms with van der Waals surface area (Å²) in [5.74, 6) is 0.907. The van der Waals surface area contributed by atoms with Gasteiger partial charge in [0, 0.05) is 0 Å². The number of ether oxygens (including phenoxy) is 1. The van der Waals surface area contributed by atoms with Crippen molar-refractivity contribution in [2.45, 2.75) is 31.5 Å². The molecule has 4 heteroatoms. The van der Waals surface area contributed by atoms with Crippen molar-refractivity contribution in [1.29, 1.82) is 0 Å². The molecule has 0 spiro atoms. The number of hydrogen-bond acceptors (Lipinski definition) is 3. The third kappa shape index (κ3) is 2.02. The van der Waals surface area contributed by atoms with E-state index in [0.717, 1.165) is 29.5 Å². The van der Waals surface area contributed by atoms with Crippen molar-refractivity contribution in [1.82, 2.24) is 0 Å². The van der Waals surface area contributed by atoms with Gasteiger partial charge < -0.3 is 14.9 Å². The highest BCUT2D eigenvalue weighted by atomic mass is 79.9. The summed E-state index contributed by atoms with van der Waals surface area (Å²) in [5.41, 5.74) is 5.49. The standard InChI is InChI=1S/C10H14BrNO2/c11-8-4-6-13-10(8)9-2-1-7(14-9)3-5-12/h4,6-7,9H,1-3,5,12H2. The summed E-state index contributed by atoms with van der Waals surface area (Å²) >= 11 is 3.44. The lowest BCUT2D eigenvalue weighted by Crippen LogP contribution is -2.12. The predicted molar refractivity (Wildman–Crippen MR) is 56.9 cm³/mol. The Morgan fingerprint density at radius 1 is 1.50 bits per heavy atom. The van der Waals surface area contributed by atoms with Crippen LogP contribution in [0.5, 0.6) is 0 Å². The fourth-order valence-electron chi connectivity index (χ4n) is 1.83. The number of rotatable bonds is 3. The Morgan fingerprint density at radius 2 is 2.36 bits per heavy atom. The van der Waals surface area contributed by atoms with Crippen molar-refractivity contribution >= 4 is 15.9 Å². The van der Waals surface area contributed by atoms with Gasteiger partial charge in [-0.3, -0.25) is 0 Å². The molecule has 1 fully saturated rings. The maximum Gasteiger partial charge on any atom is 0.146 e. The van der Waals surface area contributed by atoms with Crippen LogP contribution in [0.3, 0.4) is 0 Å². The van der Waals surface area contributed by atoms with Crippen LogP contribution in [0.1, 0.15) is 31.1 Å². The molecule has 3 nitrogen and oxygen atoms in total. The first-order valence-corrected chi connectivity index (χ1v) is 5.69. The molecule has 2 unspecified atom stereocenters. The molecule has 1 aliphatic rings. The molecule has 0 bridgehead atoms. The zero-order valence-electron chi connectivity index (χ0n) is 7.91. The van der Waals surface area contributed by atoms with Gasteiger partial charge in [0.25, 0.3) is 0 Å². The maximum atomic E-state index is 5.82. The van der Waals surface area contributed by atoms with E-state index in [-0.39, 0.29) is 6.10 Å². The van der Waals surface area contributed by atoms with Crippen molar-refractivity contribution in [3.05, 3.63) is 22.6 Å². The average Bonchev–Trinajstić information content (AvgIpc) is 2.74. The molecule has 1 saturated heterocycles. The van der Waals surface area contributed by atoms with E-state index in [1.54, 1.807) is 6.26 Å². The van der Waals surface area contributed by atoms with Crippen molar-refractivity contribution in [2.24, 2.45) is 5.73 Å². The predicted octanol–water partition coefficient (Wildman–Crippen LogP) is 2.61. The Labute approximate surface area is 91.7 Å². The molecular weight excluding hydrogens is 246 g/mol. The highest BCUT2D eigenvalue weighted by molar-refractivity contribution is 9.10. The molecule has 1 aromatic rings. The lowest BCUT2D eigenvalue weighted by molar-refractivity contribution is 0.0290. The van der Waals surface area contributed by atoms with Crippen LogP contribution in [0, 0.1) is 0 Å². The Balaban J connectivity index is 1.99. The van der Waals surface area contributed by atoms with Crippen LogP contribution in [0.25, 0.3) is 0 Å². The Kier molecular flexibility index (Phi) is 3.26. The van der Waals surface area contributed by atoms with Gasteiger partial charge in [0.2, 0.25) is 0 Å². The summed E-state index contributed by atoms with van der Waals surface area (Å²) < 4.78 is 12.2. The van der Waals surface area contributed by atoms with E-state index in [9.17, 15) is 0 Å². The van der Waals surface area contributed by atoms with Crippen LogP contribution in [-0.2, 0) is 4.74 Å². The van der Waals surface area contributed by atoms with E-state index in [2.05, 4.69) is 15.9 Å². The zero-order chi connectivity index (χ0) is 9.97. The summed E-state index contributed by atoms with van der Waals surface area (Å²) in [7, 11) is 0. The number of nitrogens with two attached hydrogens (primary N) is 1. The summed E-state index contributed by atoms with van der Waals surface area (Å²) in [4.78, 5) is 0. The van der Waals surface area contributed by atoms with Crippen LogP contribution in [0.2, 0.25) is 0 Å². The summed E-state index contributed by atoms with van der Waals surface area (Å²) in [6.07, 6.45) is 5.14. The highest BCUT2D eigenvalue weighted by Crippen LogP contribution is 2.37. The van der Waals surface area contributed by atoms with Gasteiger partial charge in [0.05, 0.1) is 16.8 Å². The molecule has 2 N–H and O–H groups in total. The highest BCUT2D eigenvalue weighted by Gasteiger charge is 2.29. The van der Waals surface area contributed by atoms with Crippen molar-refractivity contribution < 1.29 is 9.15 Å². The molecule has 14 heavy (non-hydrogen) atoms. The van der Waals surface area contributed by atoms with E-state index >= 15 is 0 Å². The first kappa shape index (κ1) is 10.2. The molecule has 2 heterocycles. The second-order valence-electron chi connectivity index (χ2n) is 3.53. The quantitative estimate of drug-likeness (QED) is 0.908. The smallest absolute Gasteiger partial charge is 0.146 e. The third-order valence-electron chi connectivity index (χ3n) is 2.53. The van der Waals surface area contributed by atoms with E-state index in [0.29, 0.717) is 12.6 Å². The lowest BCUT2D eigenvalue weighted by Gasteiger charge is -2.11. The summed E-state index contributed by atoms with van der Waals surface area (Å²) in [5, 5.41) is 0. The molecule has 1 aliphatic heterocycles. The number of hydrogen-bond donors (Lipinski definition) is 1. The molecular formula is C10H14BrNO2. The molecule has 78 valence electrons. The minimum atomic E-state index is 0.107. The van der Waals surface area contributed by atoms with Gasteiger partial charge in [-0.05, 0) is 47.8 Å². The molecule has 0 aliphatic carbocycles. The molecule has 0 amide bonds. The Bertz CT molecular complexity index is 300. The SMILES string of the molecule is NCCC1CCC(c2occc2Br)O1. The van der Waals surface area contributed by atoms with Gasteiger partial charge >= 0.3 is 0 Å². The van der Waals surface area contributed by atoms with Crippen molar-refractivity contribution in [3.8, 4) is 0 Å². The van der Waals surface area contributed by atoms with Gasteiger partial charge in [0.15, 0.2) is 0 Å². The molecule has 2 atom stereocenters. The van der Waals surface area contributed by atoms with Gasteiger partial charge in [0.1, 0.15) is 11.9 Å². The van der Waals surface area contributed by atoms with E-state index in [4.69, 9.17) is 14.9 Å². The molecule has 0 radical (unpaired) electrons. The first-order valence-electron chi connectivity index (χ1n) is 4.89. The largest absolute Gasteiger partial charge is 0.465 e. The Morgan fingerprint density at radius 3 is 3.00 bits per heavy atom. The number of furan rings is 1.